The van der Waals surface area contributed by atoms with E-state index in [0.29, 0.717) is 36.0 Å². The van der Waals surface area contributed by atoms with Crippen molar-refractivity contribution in [2.75, 3.05) is 43.6 Å². The summed E-state index contributed by atoms with van der Waals surface area (Å²) >= 11 is 0. The highest BCUT2D eigenvalue weighted by Crippen LogP contribution is 2.30. The summed E-state index contributed by atoms with van der Waals surface area (Å²) in [6, 6.07) is 10.9. The van der Waals surface area contributed by atoms with Crippen molar-refractivity contribution < 1.29 is 14.3 Å². The van der Waals surface area contributed by atoms with Crippen molar-refractivity contribution in [2.24, 2.45) is 0 Å². The zero-order valence-corrected chi connectivity index (χ0v) is 15.4. The van der Waals surface area contributed by atoms with Crippen LogP contribution in [0.5, 0.6) is 5.75 Å². The number of hydrogen-bond acceptors (Lipinski definition) is 7. The number of rotatable bonds is 5. The lowest BCUT2D eigenvalue weighted by Crippen LogP contribution is -2.36. The highest BCUT2D eigenvalue weighted by molar-refractivity contribution is 6.04. The van der Waals surface area contributed by atoms with Crippen molar-refractivity contribution >= 4 is 17.3 Å². The molecule has 9 nitrogen and oxygen atoms in total. The first kappa shape index (κ1) is 17.9. The number of aromatic nitrogens is 4. The van der Waals surface area contributed by atoms with Crippen LogP contribution < -0.4 is 15.0 Å². The van der Waals surface area contributed by atoms with Crippen molar-refractivity contribution in [1.29, 1.82) is 0 Å². The number of nitrogens with one attached hydrogen (secondary N) is 2. The zero-order chi connectivity index (χ0) is 19.3. The van der Waals surface area contributed by atoms with E-state index in [2.05, 4.69) is 30.6 Å². The number of methoxy groups -OCH3 is 1. The summed E-state index contributed by atoms with van der Waals surface area (Å²) in [6.07, 6.45) is 1.55. The molecule has 1 aliphatic heterocycles. The predicted molar refractivity (Wildman–Crippen MR) is 104 cm³/mol. The normalized spacial score (nSPS) is 14.0. The minimum absolute atomic E-state index is 0.278. The lowest BCUT2D eigenvalue weighted by atomic mass is 10.2. The topological polar surface area (TPSA) is 105 Å². The fourth-order valence-electron chi connectivity index (χ4n) is 3.02. The van der Waals surface area contributed by atoms with Gasteiger partial charge in [-0.3, -0.25) is 4.79 Å². The van der Waals surface area contributed by atoms with Crippen LogP contribution in [0.25, 0.3) is 11.4 Å². The minimum Gasteiger partial charge on any atom is -0.494 e. The highest BCUT2D eigenvalue weighted by atomic mass is 16.5. The van der Waals surface area contributed by atoms with E-state index in [1.165, 1.54) is 0 Å². The van der Waals surface area contributed by atoms with Gasteiger partial charge in [0.2, 0.25) is 0 Å². The van der Waals surface area contributed by atoms with E-state index in [1.807, 2.05) is 18.2 Å². The molecule has 0 saturated carbocycles. The minimum atomic E-state index is -0.331. The zero-order valence-electron chi connectivity index (χ0n) is 15.4. The standard InChI is InChI=1S/C19H20N6O3/c1-27-18-11-13(25-7-9-28-10-8-25)5-6-15(18)22-19(26)16-4-2-3-14(21-16)17-12-20-24-23-17/h2-6,11-12H,7-10H2,1H3,(H,22,26)(H,20,23,24). The number of carbonyl (C=O) groups excluding carboxylic acids is 1. The Morgan fingerprint density at radius 1 is 1.21 bits per heavy atom. The SMILES string of the molecule is COc1cc(N2CCOCC2)ccc1NC(=O)c1cccc(-c2cn[nH]n2)n1. The van der Waals surface area contributed by atoms with Crippen molar-refractivity contribution in [2.45, 2.75) is 0 Å². The van der Waals surface area contributed by atoms with Gasteiger partial charge < -0.3 is 19.7 Å². The van der Waals surface area contributed by atoms with E-state index in [4.69, 9.17) is 9.47 Å². The lowest BCUT2D eigenvalue weighted by Gasteiger charge is -2.29. The number of ether oxygens (including phenoxy) is 2. The van der Waals surface area contributed by atoms with Crippen LogP contribution in [0.15, 0.2) is 42.6 Å². The molecule has 0 atom stereocenters. The Balaban J connectivity index is 1.53. The monoisotopic (exact) mass is 380 g/mol. The molecule has 0 spiro atoms. The number of hydrogen-bond donors (Lipinski definition) is 2. The number of pyridine rings is 1. The van der Waals surface area contributed by atoms with Gasteiger partial charge in [-0.25, -0.2) is 4.98 Å². The summed E-state index contributed by atoms with van der Waals surface area (Å²) in [7, 11) is 1.58. The molecule has 28 heavy (non-hydrogen) atoms. The van der Waals surface area contributed by atoms with Gasteiger partial charge in [0, 0.05) is 24.8 Å². The third-order valence-electron chi connectivity index (χ3n) is 4.47. The Kier molecular flexibility index (Phi) is 5.16. The van der Waals surface area contributed by atoms with Gasteiger partial charge in [0.1, 0.15) is 17.1 Å². The molecular weight excluding hydrogens is 360 g/mol. The summed E-state index contributed by atoms with van der Waals surface area (Å²) in [4.78, 5) is 19.3. The van der Waals surface area contributed by atoms with Crippen LogP contribution in [-0.4, -0.2) is 59.7 Å². The van der Waals surface area contributed by atoms with Crippen LogP contribution in [0, 0.1) is 0 Å². The Morgan fingerprint density at radius 2 is 2.07 bits per heavy atom. The second-order valence-corrected chi connectivity index (χ2v) is 6.20. The van der Waals surface area contributed by atoms with Gasteiger partial charge in [0.15, 0.2) is 0 Å². The van der Waals surface area contributed by atoms with Crippen LogP contribution in [0.1, 0.15) is 10.5 Å². The maximum atomic E-state index is 12.7. The van der Waals surface area contributed by atoms with E-state index in [9.17, 15) is 4.79 Å². The van der Waals surface area contributed by atoms with Gasteiger partial charge in [-0.15, -0.1) is 0 Å². The number of morpholine rings is 1. The van der Waals surface area contributed by atoms with Gasteiger partial charge in [-0.2, -0.15) is 15.4 Å². The van der Waals surface area contributed by atoms with Crippen molar-refractivity contribution in [3.8, 4) is 17.1 Å². The third kappa shape index (κ3) is 3.79. The van der Waals surface area contributed by atoms with Gasteiger partial charge in [0.25, 0.3) is 5.91 Å². The van der Waals surface area contributed by atoms with E-state index < -0.39 is 0 Å². The molecule has 0 unspecified atom stereocenters. The third-order valence-corrected chi connectivity index (χ3v) is 4.47. The second kappa shape index (κ2) is 8.05. The average Bonchev–Trinajstić information content (AvgIpc) is 3.30. The maximum absolute atomic E-state index is 12.7. The van der Waals surface area contributed by atoms with E-state index in [0.717, 1.165) is 18.8 Å². The molecule has 1 fully saturated rings. The summed E-state index contributed by atoms with van der Waals surface area (Å²) < 4.78 is 10.9. The van der Waals surface area contributed by atoms with Gasteiger partial charge in [0.05, 0.1) is 37.9 Å². The molecule has 0 aliphatic carbocycles. The number of aromatic amines is 1. The molecule has 2 N–H and O–H groups in total. The fourth-order valence-corrected chi connectivity index (χ4v) is 3.02. The van der Waals surface area contributed by atoms with E-state index in [1.54, 1.807) is 31.5 Å². The Morgan fingerprint density at radius 3 is 2.82 bits per heavy atom. The smallest absolute Gasteiger partial charge is 0.274 e. The molecule has 0 radical (unpaired) electrons. The molecule has 1 amide bonds. The molecule has 1 aliphatic rings. The summed E-state index contributed by atoms with van der Waals surface area (Å²) in [5.41, 5.74) is 3.03. The molecule has 1 saturated heterocycles. The first-order valence-electron chi connectivity index (χ1n) is 8.90. The maximum Gasteiger partial charge on any atom is 0.274 e. The first-order valence-corrected chi connectivity index (χ1v) is 8.90. The molecule has 9 heteroatoms. The van der Waals surface area contributed by atoms with Gasteiger partial charge in [-0.05, 0) is 24.3 Å². The average molecular weight is 380 g/mol. The van der Waals surface area contributed by atoms with Gasteiger partial charge in [-0.1, -0.05) is 6.07 Å². The Hall–Kier alpha value is -3.46. The number of carbonyl (C=O) groups is 1. The van der Waals surface area contributed by atoms with Crippen LogP contribution in [-0.2, 0) is 4.74 Å². The van der Waals surface area contributed by atoms with Gasteiger partial charge >= 0.3 is 0 Å². The number of nitrogens with zero attached hydrogens (tertiary/aromatic N) is 4. The predicted octanol–water partition coefficient (Wildman–Crippen LogP) is 1.96. The van der Waals surface area contributed by atoms with Crippen molar-refractivity contribution in [3.63, 3.8) is 0 Å². The van der Waals surface area contributed by atoms with E-state index >= 15 is 0 Å². The van der Waals surface area contributed by atoms with Crippen LogP contribution >= 0.6 is 0 Å². The highest BCUT2D eigenvalue weighted by Gasteiger charge is 2.16. The summed E-state index contributed by atoms with van der Waals surface area (Å²) in [5.74, 6) is 0.257. The largest absolute Gasteiger partial charge is 0.494 e. The lowest BCUT2D eigenvalue weighted by molar-refractivity contribution is 0.102. The number of benzene rings is 1. The molecule has 3 aromatic rings. The molecule has 1 aromatic carbocycles. The molecule has 3 heterocycles. The van der Waals surface area contributed by atoms with Crippen LogP contribution in [0.2, 0.25) is 0 Å². The quantitative estimate of drug-likeness (QED) is 0.697. The van der Waals surface area contributed by atoms with Crippen molar-refractivity contribution in [1.82, 2.24) is 20.4 Å². The number of H-pyrrole nitrogens is 1. The molecule has 4 rings (SSSR count). The van der Waals surface area contributed by atoms with E-state index in [-0.39, 0.29) is 11.6 Å². The Bertz CT molecular complexity index is 954. The molecule has 0 bridgehead atoms. The Labute approximate surface area is 161 Å². The van der Waals surface area contributed by atoms with Crippen LogP contribution in [0.3, 0.4) is 0 Å². The van der Waals surface area contributed by atoms with Crippen molar-refractivity contribution in [3.05, 3.63) is 48.3 Å². The fraction of sp³-hybridized carbons (Fsp3) is 0.263. The number of anilines is 2. The molecule has 144 valence electrons. The number of amides is 1. The van der Waals surface area contributed by atoms with Crippen LogP contribution in [0.4, 0.5) is 11.4 Å². The first-order chi connectivity index (χ1) is 13.7. The molecule has 2 aromatic heterocycles. The molecular formula is C19H20N6O3. The second-order valence-electron chi connectivity index (χ2n) is 6.20. The summed E-state index contributed by atoms with van der Waals surface area (Å²) in [6.45, 7) is 3.06. The summed E-state index contributed by atoms with van der Waals surface area (Å²) in [5, 5.41) is 13.2.